The van der Waals surface area contributed by atoms with Crippen molar-refractivity contribution in [1.29, 1.82) is 0 Å². The second-order valence-electron chi connectivity index (χ2n) is 5.25. The van der Waals surface area contributed by atoms with Crippen LogP contribution in [0.1, 0.15) is 42.2 Å². The standard InChI is InChI=1S/C16H16N2O3/c1-10-6-14(17-20-10)8-12-4-3-5-13(16(12)19)9-15-7-11(2)21-18-15/h6-9H,3-5H2,1-2H3. The minimum Gasteiger partial charge on any atom is -0.361 e. The van der Waals surface area contributed by atoms with Gasteiger partial charge in [-0.3, -0.25) is 4.79 Å². The summed E-state index contributed by atoms with van der Waals surface area (Å²) in [5, 5.41) is 7.81. The van der Waals surface area contributed by atoms with E-state index in [0.717, 1.165) is 41.9 Å². The van der Waals surface area contributed by atoms with Gasteiger partial charge in [0.25, 0.3) is 0 Å². The van der Waals surface area contributed by atoms with E-state index in [-0.39, 0.29) is 5.78 Å². The van der Waals surface area contributed by atoms with Crippen LogP contribution in [0, 0.1) is 13.8 Å². The molecule has 0 amide bonds. The molecule has 5 heteroatoms. The lowest BCUT2D eigenvalue weighted by Gasteiger charge is -2.15. The van der Waals surface area contributed by atoms with Crippen LogP contribution >= 0.6 is 0 Å². The molecule has 2 aromatic rings. The molecular formula is C16H16N2O3. The van der Waals surface area contributed by atoms with Gasteiger partial charge in [0.2, 0.25) is 0 Å². The molecule has 1 fully saturated rings. The average molecular weight is 284 g/mol. The molecule has 1 aliphatic rings. The van der Waals surface area contributed by atoms with Crippen molar-refractivity contribution in [3.05, 3.63) is 46.2 Å². The van der Waals surface area contributed by atoms with Gasteiger partial charge in [0.05, 0.1) is 0 Å². The fraction of sp³-hybridized carbons (Fsp3) is 0.312. The highest BCUT2D eigenvalue weighted by Crippen LogP contribution is 2.27. The van der Waals surface area contributed by atoms with E-state index in [1.54, 1.807) is 12.2 Å². The number of rotatable bonds is 2. The number of aromatic nitrogens is 2. The van der Waals surface area contributed by atoms with E-state index in [4.69, 9.17) is 9.05 Å². The Morgan fingerprint density at radius 2 is 1.43 bits per heavy atom. The van der Waals surface area contributed by atoms with Crippen LogP contribution in [0.5, 0.6) is 0 Å². The number of nitrogens with zero attached hydrogens (tertiary/aromatic N) is 2. The molecule has 1 saturated carbocycles. The van der Waals surface area contributed by atoms with Crippen molar-refractivity contribution in [2.24, 2.45) is 0 Å². The van der Waals surface area contributed by atoms with Crippen molar-refractivity contribution in [1.82, 2.24) is 10.3 Å². The van der Waals surface area contributed by atoms with Gasteiger partial charge in [-0.25, -0.2) is 0 Å². The summed E-state index contributed by atoms with van der Waals surface area (Å²) in [6.45, 7) is 3.66. The molecule has 3 rings (SSSR count). The van der Waals surface area contributed by atoms with Crippen LogP contribution in [-0.4, -0.2) is 16.1 Å². The van der Waals surface area contributed by atoms with Gasteiger partial charge in [-0.05, 0) is 45.3 Å². The molecule has 5 nitrogen and oxygen atoms in total. The molecule has 21 heavy (non-hydrogen) atoms. The lowest BCUT2D eigenvalue weighted by molar-refractivity contribution is -0.112. The van der Waals surface area contributed by atoms with Crippen LogP contribution in [0.25, 0.3) is 12.2 Å². The Labute approximate surface area is 122 Å². The van der Waals surface area contributed by atoms with E-state index in [1.165, 1.54) is 0 Å². The predicted octanol–water partition coefficient (Wildman–Crippen LogP) is 3.50. The van der Waals surface area contributed by atoms with E-state index in [2.05, 4.69) is 10.3 Å². The van der Waals surface area contributed by atoms with E-state index in [9.17, 15) is 4.79 Å². The van der Waals surface area contributed by atoms with E-state index < -0.39 is 0 Å². The molecule has 0 aromatic carbocycles. The molecule has 0 aliphatic heterocycles. The third-order valence-corrected chi connectivity index (χ3v) is 3.41. The maximum Gasteiger partial charge on any atom is 0.185 e. The smallest absolute Gasteiger partial charge is 0.185 e. The number of Topliss-reactive ketones (excluding diaryl/α,β-unsaturated/α-hetero) is 1. The van der Waals surface area contributed by atoms with Gasteiger partial charge >= 0.3 is 0 Å². The lowest BCUT2D eigenvalue weighted by Crippen LogP contribution is -2.12. The van der Waals surface area contributed by atoms with Crippen molar-refractivity contribution < 1.29 is 13.8 Å². The fourth-order valence-electron chi connectivity index (χ4n) is 2.44. The fourth-order valence-corrected chi connectivity index (χ4v) is 2.44. The first-order valence-electron chi connectivity index (χ1n) is 6.94. The zero-order valence-corrected chi connectivity index (χ0v) is 12.0. The number of carbonyl (C=O) groups excluding carboxylic acids is 1. The third-order valence-electron chi connectivity index (χ3n) is 3.41. The molecule has 0 saturated heterocycles. The molecule has 0 N–H and O–H groups in total. The molecule has 0 spiro atoms. The van der Waals surface area contributed by atoms with Gasteiger partial charge < -0.3 is 9.05 Å². The molecule has 0 atom stereocenters. The van der Waals surface area contributed by atoms with Crippen LogP contribution in [0.3, 0.4) is 0 Å². The summed E-state index contributed by atoms with van der Waals surface area (Å²) in [7, 11) is 0. The zero-order chi connectivity index (χ0) is 14.8. The summed E-state index contributed by atoms with van der Waals surface area (Å²) in [5.74, 6) is 1.53. The number of hydrogen-bond acceptors (Lipinski definition) is 5. The summed E-state index contributed by atoms with van der Waals surface area (Å²) in [6.07, 6.45) is 6.08. The van der Waals surface area contributed by atoms with Crippen LogP contribution in [0.15, 0.2) is 32.3 Å². The van der Waals surface area contributed by atoms with Gasteiger partial charge in [0, 0.05) is 23.3 Å². The van der Waals surface area contributed by atoms with Gasteiger partial charge in [0.1, 0.15) is 22.9 Å². The van der Waals surface area contributed by atoms with E-state index in [0.29, 0.717) is 11.4 Å². The first kappa shape index (κ1) is 13.5. The minimum absolute atomic E-state index is 0.0579. The Hall–Kier alpha value is -2.43. The van der Waals surface area contributed by atoms with Crippen molar-refractivity contribution in [2.75, 3.05) is 0 Å². The monoisotopic (exact) mass is 284 g/mol. The molecule has 2 aromatic heterocycles. The zero-order valence-electron chi connectivity index (χ0n) is 12.0. The Balaban J connectivity index is 1.87. The molecule has 0 unspecified atom stereocenters. The first-order valence-corrected chi connectivity index (χ1v) is 6.94. The maximum atomic E-state index is 12.5. The second-order valence-corrected chi connectivity index (χ2v) is 5.25. The molecule has 1 aliphatic carbocycles. The lowest BCUT2D eigenvalue weighted by atomic mass is 9.88. The number of ketones is 1. The van der Waals surface area contributed by atoms with Gasteiger partial charge in [-0.2, -0.15) is 0 Å². The number of allylic oxidation sites excluding steroid dienone is 2. The highest BCUT2D eigenvalue weighted by atomic mass is 16.5. The summed E-state index contributed by atoms with van der Waals surface area (Å²) >= 11 is 0. The predicted molar refractivity (Wildman–Crippen MR) is 77.3 cm³/mol. The van der Waals surface area contributed by atoms with Gasteiger partial charge in [0.15, 0.2) is 5.78 Å². The van der Waals surface area contributed by atoms with Crippen molar-refractivity contribution in [3.8, 4) is 0 Å². The van der Waals surface area contributed by atoms with Crippen LogP contribution in [-0.2, 0) is 4.79 Å². The highest BCUT2D eigenvalue weighted by molar-refractivity contribution is 6.13. The van der Waals surface area contributed by atoms with Crippen LogP contribution < -0.4 is 0 Å². The largest absolute Gasteiger partial charge is 0.361 e. The molecule has 0 bridgehead atoms. The average Bonchev–Trinajstić information content (AvgIpc) is 3.03. The Kier molecular flexibility index (Phi) is 3.56. The van der Waals surface area contributed by atoms with E-state index in [1.807, 2.05) is 26.0 Å². The SMILES string of the molecule is Cc1cc(C=C2CCCC(=Cc3cc(C)on3)C2=O)no1. The molecule has 0 radical (unpaired) electrons. The normalized spacial score (nSPS) is 19.6. The Morgan fingerprint density at radius 1 is 0.952 bits per heavy atom. The Bertz CT molecular complexity index is 674. The molecule has 2 heterocycles. The highest BCUT2D eigenvalue weighted by Gasteiger charge is 2.21. The summed E-state index contributed by atoms with van der Waals surface area (Å²) in [4.78, 5) is 12.5. The molecular weight excluding hydrogens is 268 g/mol. The number of hydrogen-bond donors (Lipinski definition) is 0. The quantitative estimate of drug-likeness (QED) is 0.789. The van der Waals surface area contributed by atoms with Crippen molar-refractivity contribution in [3.63, 3.8) is 0 Å². The van der Waals surface area contributed by atoms with Crippen molar-refractivity contribution in [2.45, 2.75) is 33.1 Å². The summed E-state index contributed by atoms with van der Waals surface area (Å²) < 4.78 is 10.0. The summed E-state index contributed by atoms with van der Waals surface area (Å²) in [5.41, 5.74) is 2.91. The number of aryl methyl sites for hydroxylation is 2. The van der Waals surface area contributed by atoms with Crippen molar-refractivity contribution >= 4 is 17.9 Å². The second kappa shape index (κ2) is 5.52. The van der Waals surface area contributed by atoms with E-state index >= 15 is 0 Å². The van der Waals surface area contributed by atoms with Crippen LogP contribution in [0.2, 0.25) is 0 Å². The summed E-state index contributed by atoms with van der Waals surface area (Å²) in [6, 6.07) is 3.64. The minimum atomic E-state index is 0.0579. The topological polar surface area (TPSA) is 69.1 Å². The van der Waals surface area contributed by atoms with Gasteiger partial charge in [-0.1, -0.05) is 10.3 Å². The molecule has 108 valence electrons. The maximum absolute atomic E-state index is 12.5. The Morgan fingerprint density at radius 3 is 1.81 bits per heavy atom. The number of carbonyl (C=O) groups is 1. The van der Waals surface area contributed by atoms with Gasteiger partial charge in [-0.15, -0.1) is 0 Å². The first-order chi connectivity index (χ1) is 10.1. The van der Waals surface area contributed by atoms with Crippen LogP contribution in [0.4, 0.5) is 0 Å². The third kappa shape index (κ3) is 3.02.